The van der Waals surface area contributed by atoms with Crippen molar-refractivity contribution in [2.24, 2.45) is 0 Å². The van der Waals surface area contributed by atoms with Gasteiger partial charge in [-0.2, -0.15) is 15.8 Å². The fourth-order valence-corrected chi connectivity index (χ4v) is 7.53. The maximum absolute atomic E-state index is 10.7. The maximum atomic E-state index is 10.7. The number of nitrogens with zero attached hydrogens (tertiary/aromatic N) is 5. The van der Waals surface area contributed by atoms with Crippen LogP contribution >= 0.6 is 0 Å². The second-order valence-corrected chi connectivity index (χ2v) is 12.8. The molecule has 2 aromatic heterocycles. The number of nitriles is 3. The van der Waals surface area contributed by atoms with E-state index in [-0.39, 0.29) is 0 Å². The van der Waals surface area contributed by atoms with Crippen LogP contribution in [0.25, 0.3) is 72.4 Å². The molecular formula is C48H35N5. The van der Waals surface area contributed by atoms with Crippen molar-refractivity contribution < 1.29 is 0 Å². The molecule has 0 atom stereocenters. The summed E-state index contributed by atoms with van der Waals surface area (Å²) in [5.74, 6) is 0. The van der Waals surface area contributed by atoms with Gasteiger partial charge in [-0.25, -0.2) is 0 Å². The van der Waals surface area contributed by atoms with Gasteiger partial charge in [0.15, 0.2) is 0 Å². The minimum absolute atomic E-state index is 0.292. The molecule has 53 heavy (non-hydrogen) atoms. The van der Waals surface area contributed by atoms with Crippen LogP contribution in [0.3, 0.4) is 0 Å². The van der Waals surface area contributed by atoms with Gasteiger partial charge in [0.2, 0.25) is 0 Å². The van der Waals surface area contributed by atoms with E-state index in [0.29, 0.717) is 22.3 Å². The van der Waals surface area contributed by atoms with Crippen molar-refractivity contribution in [3.8, 4) is 35.0 Å². The van der Waals surface area contributed by atoms with Crippen LogP contribution < -0.4 is 0 Å². The van der Waals surface area contributed by atoms with E-state index < -0.39 is 0 Å². The zero-order valence-electron chi connectivity index (χ0n) is 29.9. The van der Waals surface area contributed by atoms with E-state index in [2.05, 4.69) is 76.9 Å². The van der Waals surface area contributed by atoms with Gasteiger partial charge in [0.25, 0.3) is 0 Å². The van der Waals surface area contributed by atoms with Gasteiger partial charge in [0.1, 0.15) is 12.1 Å². The van der Waals surface area contributed by atoms with Gasteiger partial charge in [-0.3, -0.25) is 0 Å². The van der Waals surface area contributed by atoms with Crippen LogP contribution in [0, 0.1) is 34.0 Å². The number of para-hydroxylation sites is 2. The Bertz CT molecular complexity index is 2880. The van der Waals surface area contributed by atoms with Gasteiger partial charge in [-0.05, 0) is 92.1 Å². The van der Waals surface area contributed by atoms with E-state index in [1.54, 1.807) is 6.07 Å². The SMILES string of the molecule is C=C/C(=C(\C=C/C)c1ccc(C#N)c(C#N)c1-c1cccc(-n2c3ccccc3c3cc(C#N)ccc32)c1)n1c(C(=C)C)c(/C=C\C)c2ccccc21. The molecule has 0 N–H and O–H groups in total. The normalized spacial score (nSPS) is 11.9. The summed E-state index contributed by atoms with van der Waals surface area (Å²) in [6.45, 7) is 14.7. The summed E-state index contributed by atoms with van der Waals surface area (Å²) in [7, 11) is 0. The van der Waals surface area contributed by atoms with E-state index in [4.69, 9.17) is 0 Å². The highest BCUT2D eigenvalue weighted by Crippen LogP contribution is 2.42. The predicted octanol–water partition coefficient (Wildman–Crippen LogP) is 12.2. The Hall–Kier alpha value is -7.39. The predicted molar refractivity (Wildman–Crippen MR) is 220 cm³/mol. The molecule has 252 valence electrons. The van der Waals surface area contributed by atoms with Crippen molar-refractivity contribution in [1.29, 1.82) is 15.8 Å². The van der Waals surface area contributed by atoms with Crippen LogP contribution in [0.4, 0.5) is 0 Å². The molecule has 0 fully saturated rings. The third-order valence-corrected chi connectivity index (χ3v) is 9.62. The van der Waals surface area contributed by atoms with Gasteiger partial charge >= 0.3 is 0 Å². The molecule has 0 saturated heterocycles. The molecule has 7 aromatic rings. The average Bonchev–Trinajstić information content (AvgIpc) is 3.70. The van der Waals surface area contributed by atoms with Crippen LogP contribution in [0.2, 0.25) is 0 Å². The summed E-state index contributed by atoms with van der Waals surface area (Å²) < 4.78 is 4.38. The van der Waals surface area contributed by atoms with Crippen LogP contribution in [0.5, 0.6) is 0 Å². The quantitative estimate of drug-likeness (QED) is 0.150. The van der Waals surface area contributed by atoms with Gasteiger partial charge < -0.3 is 9.13 Å². The molecule has 5 nitrogen and oxygen atoms in total. The lowest BCUT2D eigenvalue weighted by Gasteiger charge is -2.20. The van der Waals surface area contributed by atoms with Crippen molar-refractivity contribution in [3.05, 3.63) is 174 Å². The molecule has 7 rings (SSSR count). The van der Waals surface area contributed by atoms with E-state index in [1.807, 2.05) is 112 Å². The van der Waals surface area contributed by atoms with Crippen molar-refractivity contribution in [1.82, 2.24) is 9.13 Å². The molecule has 5 heteroatoms. The minimum Gasteiger partial charge on any atom is -0.309 e. The number of aromatic nitrogens is 2. The standard InChI is InChI=1S/C48H35N5/c1-6-14-36(43(8-3)53-45-21-12-9-18-37(45)40(15-7-2)48(53)31(4)5)39-24-23-34(29-50)42(30-51)47(39)33-16-13-17-35(27-33)52-44-20-11-10-19-38(44)41-26-32(28-49)22-25-46(41)52/h6-27H,3-4H2,1-2,5H3/b14-6-,15-7-,43-36-. The third kappa shape index (κ3) is 5.57. The first-order chi connectivity index (χ1) is 25.9. The summed E-state index contributed by atoms with van der Waals surface area (Å²) in [6, 6.07) is 40.8. The Morgan fingerprint density at radius 2 is 1.45 bits per heavy atom. The molecule has 0 spiro atoms. The first kappa shape index (κ1) is 34.1. The largest absolute Gasteiger partial charge is 0.309 e. The average molecular weight is 682 g/mol. The van der Waals surface area contributed by atoms with E-state index >= 15 is 0 Å². The molecule has 0 radical (unpaired) electrons. The Morgan fingerprint density at radius 1 is 0.717 bits per heavy atom. The molecule has 0 aliphatic rings. The van der Waals surface area contributed by atoms with Gasteiger partial charge in [-0.15, -0.1) is 0 Å². The monoisotopic (exact) mass is 681 g/mol. The summed E-state index contributed by atoms with van der Waals surface area (Å²) >= 11 is 0. The lowest BCUT2D eigenvalue weighted by molar-refractivity contribution is 1.14. The van der Waals surface area contributed by atoms with Crippen LogP contribution in [0.15, 0.2) is 141 Å². The fraction of sp³-hybridized carbons (Fsp3) is 0.0625. The Kier molecular flexibility index (Phi) is 9.06. The molecular weight excluding hydrogens is 647 g/mol. The zero-order chi connectivity index (χ0) is 37.2. The first-order valence-corrected chi connectivity index (χ1v) is 17.3. The maximum Gasteiger partial charge on any atom is 0.101 e. The molecule has 5 aromatic carbocycles. The van der Waals surface area contributed by atoms with Crippen molar-refractivity contribution in [2.45, 2.75) is 20.8 Å². The molecule has 0 unspecified atom stereocenters. The van der Waals surface area contributed by atoms with Crippen molar-refractivity contribution in [2.75, 3.05) is 0 Å². The minimum atomic E-state index is 0.292. The fourth-order valence-electron chi connectivity index (χ4n) is 7.53. The van der Waals surface area contributed by atoms with Crippen molar-refractivity contribution in [3.63, 3.8) is 0 Å². The Morgan fingerprint density at radius 3 is 2.13 bits per heavy atom. The number of benzene rings is 5. The third-order valence-electron chi connectivity index (χ3n) is 9.62. The van der Waals surface area contributed by atoms with E-state index in [1.165, 1.54) is 0 Å². The van der Waals surface area contributed by atoms with Crippen LogP contribution in [-0.2, 0) is 0 Å². The number of fused-ring (bicyclic) bond motifs is 4. The van der Waals surface area contributed by atoms with Gasteiger partial charge in [-0.1, -0.05) is 92.1 Å². The number of hydrogen-bond acceptors (Lipinski definition) is 3. The lowest BCUT2D eigenvalue weighted by atomic mass is 9.87. The van der Waals surface area contributed by atoms with Crippen LogP contribution in [0.1, 0.15) is 54.3 Å². The molecule has 0 amide bonds. The van der Waals surface area contributed by atoms with Crippen molar-refractivity contribution >= 4 is 55.6 Å². The van der Waals surface area contributed by atoms with Gasteiger partial charge in [0.05, 0.1) is 50.7 Å². The lowest BCUT2D eigenvalue weighted by Crippen LogP contribution is -2.05. The van der Waals surface area contributed by atoms with E-state index in [0.717, 1.165) is 77.6 Å². The van der Waals surface area contributed by atoms with Crippen LogP contribution in [-0.4, -0.2) is 9.13 Å². The Labute approximate surface area is 309 Å². The number of rotatable bonds is 8. The summed E-state index contributed by atoms with van der Waals surface area (Å²) in [4.78, 5) is 0. The second kappa shape index (κ2) is 14.1. The summed E-state index contributed by atoms with van der Waals surface area (Å²) in [5, 5.41) is 33.8. The number of hydrogen-bond donors (Lipinski definition) is 0. The number of allylic oxidation sites excluding steroid dienone is 7. The highest BCUT2D eigenvalue weighted by Gasteiger charge is 2.24. The van der Waals surface area contributed by atoms with E-state index in [9.17, 15) is 15.8 Å². The Balaban J connectivity index is 1.58. The second-order valence-electron chi connectivity index (χ2n) is 12.8. The molecule has 0 aliphatic heterocycles. The summed E-state index contributed by atoms with van der Waals surface area (Å²) in [6.07, 6.45) is 10.0. The topological polar surface area (TPSA) is 81.2 Å². The molecule has 2 heterocycles. The highest BCUT2D eigenvalue weighted by atomic mass is 15.0. The molecule has 0 aliphatic carbocycles. The molecule has 0 bridgehead atoms. The smallest absolute Gasteiger partial charge is 0.101 e. The molecule has 0 saturated carbocycles. The zero-order valence-corrected chi connectivity index (χ0v) is 29.9. The summed E-state index contributed by atoms with van der Waals surface area (Å²) in [5.41, 5.74) is 11.8. The van der Waals surface area contributed by atoms with Gasteiger partial charge in [0, 0.05) is 38.5 Å². The highest BCUT2D eigenvalue weighted by molar-refractivity contribution is 6.10. The first-order valence-electron chi connectivity index (χ1n) is 17.3.